The molecule has 0 aromatic carbocycles. The van der Waals surface area contributed by atoms with E-state index >= 15 is 0 Å². The minimum absolute atomic E-state index is 0.0759. The van der Waals surface area contributed by atoms with Crippen molar-refractivity contribution < 1.29 is 9.59 Å². The summed E-state index contributed by atoms with van der Waals surface area (Å²) in [5.74, 6) is 2.43. The normalized spacial score (nSPS) is 51.4. The second-order valence-corrected chi connectivity index (χ2v) is 8.62. The fourth-order valence-electron chi connectivity index (χ4n) is 6.87. The van der Waals surface area contributed by atoms with Gasteiger partial charge in [-0.3, -0.25) is 9.59 Å². The summed E-state index contributed by atoms with van der Waals surface area (Å²) >= 11 is 3.64. The summed E-state index contributed by atoms with van der Waals surface area (Å²) in [4.78, 5) is 28.5. The molecule has 118 valence electrons. The van der Waals surface area contributed by atoms with Gasteiger partial charge in [-0.25, -0.2) is 0 Å². The van der Waals surface area contributed by atoms with E-state index in [0.29, 0.717) is 34.8 Å². The lowest BCUT2D eigenvalue weighted by molar-refractivity contribution is -0.147. The van der Waals surface area contributed by atoms with Crippen LogP contribution in [0, 0.1) is 40.9 Å². The van der Waals surface area contributed by atoms with Gasteiger partial charge in [-0.15, -0.1) is 0 Å². The number of halogens is 1. The van der Waals surface area contributed by atoms with Crippen molar-refractivity contribution >= 4 is 27.6 Å². The van der Waals surface area contributed by atoms with E-state index in [9.17, 15) is 9.59 Å². The van der Waals surface area contributed by atoms with Crippen LogP contribution in [0.2, 0.25) is 0 Å². The molecule has 1 amide bonds. The summed E-state index contributed by atoms with van der Waals surface area (Å²) in [5, 5.41) is 0.664. The molecule has 1 heterocycles. The van der Waals surface area contributed by atoms with E-state index in [2.05, 4.69) is 27.4 Å². The van der Waals surface area contributed by atoms with Crippen LogP contribution >= 0.6 is 15.9 Å². The van der Waals surface area contributed by atoms with E-state index < -0.39 is 5.41 Å². The number of amides is 1. The highest BCUT2D eigenvalue weighted by Gasteiger charge is 2.81. The molecule has 0 aromatic heterocycles. The van der Waals surface area contributed by atoms with Crippen molar-refractivity contribution in [3.05, 3.63) is 12.2 Å². The van der Waals surface area contributed by atoms with Gasteiger partial charge in [0.15, 0.2) is 0 Å². The molecule has 1 aliphatic heterocycles. The lowest BCUT2D eigenvalue weighted by Gasteiger charge is -2.47. The van der Waals surface area contributed by atoms with Gasteiger partial charge in [-0.05, 0) is 49.4 Å². The first-order chi connectivity index (χ1) is 10.6. The maximum Gasteiger partial charge on any atom is 0.227 e. The number of piperidine rings is 1. The van der Waals surface area contributed by atoms with Crippen LogP contribution in [0.1, 0.15) is 25.7 Å². The molecule has 3 nitrogen and oxygen atoms in total. The third-order valence-electron chi connectivity index (χ3n) is 7.62. The molecule has 0 N–H and O–H groups in total. The van der Waals surface area contributed by atoms with E-state index in [-0.39, 0.29) is 17.7 Å². The Bertz CT molecular complexity index is 596. The maximum atomic E-state index is 13.3. The average molecular weight is 364 g/mol. The molecule has 0 aromatic rings. The van der Waals surface area contributed by atoms with E-state index in [0.717, 1.165) is 37.9 Å². The van der Waals surface area contributed by atoms with Crippen molar-refractivity contribution in [3.63, 3.8) is 0 Å². The number of carbonyl (C=O) groups is 2. The molecule has 2 bridgehead atoms. The van der Waals surface area contributed by atoms with Crippen molar-refractivity contribution in [1.82, 2.24) is 4.90 Å². The van der Waals surface area contributed by atoms with Crippen LogP contribution in [0.15, 0.2) is 12.2 Å². The molecule has 4 aliphatic carbocycles. The van der Waals surface area contributed by atoms with Crippen LogP contribution in [0.3, 0.4) is 0 Å². The Labute approximate surface area is 139 Å². The number of allylic oxidation sites excluding steroid dienone is 1. The second kappa shape index (κ2) is 4.25. The Morgan fingerprint density at radius 3 is 2.73 bits per heavy atom. The number of ketones is 1. The van der Waals surface area contributed by atoms with E-state index in [1.165, 1.54) is 6.42 Å². The van der Waals surface area contributed by atoms with Crippen LogP contribution in [-0.4, -0.2) is 35.0 Å². The van der Waals surface area contributed by atoms with Crippen LogP contribution in [0.4, 0.5) is 0 Å². The van der Waals surface area contributed by atoms with Gasteiger partial charge < -0.3 is 4.90 Å². The molecule has 7 atom stereocenters. The third kappa shape index (κ3) is 1.25. The number of rotatable bonds is 2. The molecular weight excluding hydrogens is 342 g/mol. The third-order valence-corrected chi connectivity index (χ3v) is 8.55. The van der Waals surface area contributed by atoms with Crippen molar-refractivity contribution in [2.45, 2.75) is 25.7 Å². The predicted molar refractivity (Wildman–Crippen MR) is 86.4 cm³/mol. The summed E-state index contributed by atoms with van der Waals surface area (Å²) in [7, 11) is 0. The molecule has 4 saturated carbocycles. The van der Waals surface area contributed by atoms with E-state index in [1.807, 2.05) is 0 Å². The Hall–Kier alpha value is -0.640. The lowest BCUT2D eigenvalue weighted by Crippen LogP contribution is -2.52. The Balaban J connectivity index is 1.57. The quantitative estimate of drug-likeness (QED) is 0.558. The first-order valence-electron chi connectivity index (χ1n) is 8.70. The molecule has 5 rings (SSSR count). The number of hydrogen-bond acceptors (Lipinski definition) is 2. The van der Waals surface area contributed by atoms with Gasteiger partial charge in [0.1, 0.15) is 5.78 Å². The lowest BCUT2D eigenvalue weighted by atomic mass is 9.57. The number of hydrogen-bond donors (Lipinski definition) is 0. The van der Waals surface area contributed by atoms with Crippen molar-refractivity contribution in [3.8, 4) is 0 Å². The number of carbonyl (C=O) groups excluding carboxylic acids is 2. The first-order valence-corrected chi connectivity index (χ1v) is 9.83. The highest BCUT2D eigenvalue weighted by atomic mass is 79.9. The molecular formula is C18H22BrNO2. The molecule has 5 fully saturated rings. The topological polar surface area (TPSA) is 37.4 Å². The monoisotopic (exact) mass is 363 g/mol. The van der Waals surface area contributed by atoms with Gasteiger partial charge in [-0.2, -0.15) is 0 Å². The largest absolute Gasteiger partial charge is 0.342 e. The summed E-state index contributed by atoms with van der Waals surface area (Å²) in [5.41, 5.74) is 0.740. The summed E-state index contributed by atoms with van der Waals surface area (Å²) in [6.07, 6.45) is 4.53. The van der Waals surface area contributed by atoms with Crippen LogP contribution in [-0.2, 0) is 9.59 Å². The number of alkyl halides is 1. The fraction of sp³-hybridized carbons (Fsp3) is 0.778. The Morgan fingerprint density at radius 1 is 1.32 bits per heavy atom. The molecule has 1 saturated heterocycles. The van der Waals surface area contributed by atoms with Crippen molar-refractivity contribution in [2.24, 2.45) is 40.9 Å². The molecule has 5 aliphatic rings. The standard InChI is InChI=1S/C18H22BrNO2/c1-9-12-10-7-11-14(12)13(9)16(21)18(11,8-19)15(10)17(22)20-5-3-2-4-6-20/h10-15H,1-8H2. The second-order valence-electron chi connectivity index (χ2n) is 8.06. The van der Waals surface area contributed by atoms with E-state index in [1.54, 1.807) is 0 Å². The van der Waals surface area contributed by atoms with Crippen molar-refractivity contribution in [2.75, 3.05) is 18.4 Å². The highest BCUT2D eigenvalue weighted by Crippen LogP contribution is 2.79. The SMILES string of the molecule is C=C1C2C(=O)C3(CBr)C4CC(C1C24)C3C(=O)N1CCCCC1. The minimum atomic E-state index is -0.412. The smallest absolute Gasteiger partial charge is 0.227 e. The minimum Gasteiger partial charge on any atom is -0.342 e. The van der Waals surface area contributed by atoms with Crippen LogP contribution in [0.25, 0.3) is 0 Å². The zero-order chi connectivity index (χ0) is 15.2. The van der Waals surface area contributed by atoms with Crippen molar-refractivity contribution in [1.29, 1.82) is 0 Å². The summed E-state index contributed by atoms with van der Waals surface area (Å²) < 4.78 is 0. The molecule has 4 heteroatoms. The Morgan fingerprint density at radius 2 is 2.05 bits per heavy atom. The molecule has 7 unspecified atom stereocenters. The van der Waals surface area contributed by atoms with Crippen LogP contribution in [0.5, 0.6) is 0 Å². The first kappa shape index (κ1) is 13.8. The van der Waals surface area contributed by atoms with Gasteiger partial charge in [0.05, 0.1) is 11.3 Å². The molecule has 0 radical (unpaired) electrons. The van der Waals surface area contributed by atoms with Gasteiger partial charge in [0, 0.05) is 24.3 Å². The van der Waals surface area contributed by atoms with Gasteiger partial charge in [-0.1, -0.05) is 28.1 Å². The summed E-state index contributed by atoms with van der Waals surface area (Å²) in [6, 6.07) is 0. The fourth-order valence-corrected chi connectivity index (χ4v) is 7.91. The van der Waals surface area contributed by atoms with Gasteiger partial charge >= 0.3 is 0 Å². The summed E-state index contributed by atoms with van der Waals surface area (Å²) in [6.45, 7) is 5.99. The highest BCUT2D eigenvalue weighted by molar-refractivity contribution is 9.09. The molecule has 22 heavy (non-hydrogen) atoms. The zero-order valence-corrected chi connectivity index (χ0v) is 14.3. The van der Waals surface area contributed by atoms with Gasteiger partial charge in [0.2, 0.25) is 5.91 Å². The number of nitrogens with zero attached hydrogens (tertiary/aromatic N) is 1. The average Bonchev–Trinajstić information content (AvgIpc) is 3.06. The van der Waals surface area contributed by atoms with Crippen LogP contribution < -0.4 is 0 Å². The number of fused-ring (bicyclic) bond motifs is 2. The molecule has 0 spiro atoms. The Kier molecular flexibility index (Phi) is 2.66. The number of likely N-dealkylation sites (tertiary alicyclic amines) is 1. The van der Waals surface area contributed by atoms with E-state index in [4.69, 9.17) is 0 Å². The number of Topliss-reactive ketones (excluding diaryl/α,β-unsaturated/α-hetero) is 1. The predicted octanol–water partition coefficient (Wildman–Crippen LogP) is 2.65. The maximum absolute atomic E-state index is 13.3. The zero-order valence-electron chi connectivity index (χ0n) is 12.8. The van der Waals surface area contributed by atoms with Gasteiger partial charge in [0.25, 0.3) is 0 Å².